The Hall–Kier alpha value is -2.08. The SMILES string of the molecule is Cc1ccc(C(=O)NCC(=O)Nc2ccccc2Br)o1. The molecule has 0 aliphatic rings. The van der Waals surface area contributed by atoms with Gasteiger partial charge in [-0.2, -0.15) is 0 Å². The minimum absolute atomic E-state index is 0.125. The highest BCUT2D eigenvalue weighted by Gasteiger charge is 2.11. The Labute approximate surface area is 124 Å². The summed E-state index contributed by atoms with van der Waals surface area (Å²) in [6, 6.07) is 10.5. The summed E-state index contributed by atoms with van der Waals surface area (Å²) in [5.74, 6) is 0.109. The Morgan fingerprint density at radius 1 is 1.20 bits per heavy atom. The number of hydrogen-bond acceptors (Lipinski definition) is 3. The smallest absolute Gasteiger partial charge is 0.287 e. The summed E-state index contributed by atoms with van der Waals surface area (Å²) in [5.41, 5.74) is 0.653. The second-order valence-corrected chi connectivity index (χ2v) is 4.98. The van der Waals surface area contributed by atoms with Gasteiger partial charge in [0.25, 0.3) is 5.91 Å². The molecule has 1 aromatic carbocycles. The van der Waals surface area contributed by atoms with Crippen molar-refractivity contribution in [3.05, 3.63) is 52.4 Å². The maximum Gasteiger partial charge on any atom is 0.287 e. The van der Waals surface area contributed by atoms with Gasteiger partial charge in [-0.25, -0.2) is 0 Å². The molecule has 0 saturated heterocycles. The van der Waals surface area contributed by atoms with E-state index in [2.05, 4.69) is 26.6 Å². The second-order valence-electron chi connectivity index (χ2n) is 4.12. The minimum Gasteiger partial charge on any atom is -0.456 e. The molecule has 2 N–H and O–H groups in total. The third-order valence-electron chi connectivity index (χ3n) is 2.52. The van der Waals surface area contributed by atoms with E-state index in [0.29, 0.717) is 11.4 Å². The molecule has 2 rings (SSSR count). The molecule has 5 nitrogen and oxygen atoms in total. The Kier molecular flexibility index (Phi) is 4.57. The number of aryl methyl sites for hydroxylation is 1. The molecule has 0 bridgehead atoms. The topological polar surface area (TPSA) is 71.3 Å². The van der Waals surface area contributed by atoms with Gasteiger partial charge in [-0.3, -0.25) is 9.59 Å². The first-order chi connectivity index (χ1) is 9.56. The van der Waals surface area contributed by atoms with Crippen LogP contribution in [-0.4, -0.2) is 18.4 Å². The standard InChI is InChI=1S/C14H13BrN2O3/c1-9-6-7-12(20-9)14(19)16-8-13(18)17-11-5-3-2-4-10(11)15/h2-7H,8H2,1H3,(H,16,19)(H,17,18). The fourth-order valence-electron chi connectivity index (χ4n) is 1.56. The van der Waals surface area contributed by atoms with Crippen molar-refractivity contribution < 1.29 is 14.0 Å². The van der Waals surface area contributed by atoms with Crippen molar-refractivity contribution in [1.82, 2.24) is 5.32 Å². The number of rotatable bonds is 4. The number of furan rings is 1. The zero-order valence-corrected chi connectivity index (χ0v) is 12.4. The summed E-state index contributed by atoms with van der Waals surface area (Å²) >= 11 is 3.33. The van der Waals surface area contributed by atoms with Crippen molar-refractivity contribution in [2.45, 2.75) is 6.92 Å². The third-order valence-corrected chi connectivity index (χ3v) is 3.21. The molecule has 20 heavy (non-hydrogen) atoms. The van der Waals surface area contributed by atoms with Gasteiger partial charge in [-0.1, -0.05) is 12.1 Å². The number of para-hydroxylation sites is 1. The molecule has 0 fully saturated rings. The van der Waals surface area contributed by atoms with Crippen molar-refractivity contribution in [3.63, 3.8) is 0 Å². The van der Waals surface area contributed by atoms with Gasteiger partial charge in [0, 0.05) is 4.47 Å². The fraction of sp³-hybridized carbons (Fsp3) is 0.143. The Balaban J connectivity index is 1.87. The van der Waals surface area contributed by atoms with Crippen molar-refractivity contribution in [1.29, 1.82) is 0 Å². The molecule has 6 heteroatoms. The van der Waals surface area contributed by atoms with Crippen LogP contribution in [0.25, 0.3) is 0 Å². The molecule has 0 radical (unpaired) electrons. The highest BCUT2D eigenvalue weighted by atomic mass is 79.9. The molecule has 104 valence electrons. The number of carbonyl (C=O) groups excluding carboxylic acids is 2. The maximum atomic E-state index is 11.7. The fourth-order valence-corrected chi connectivity index (χ4v) is 1.95. The average molecular weight is 337 g/mol. The van der Waals surface area contributed by atoms with Crippen LogP contribution in [0, 0.1) is 6.92 Å². The molecule has 2 amide bonds. The number of carbonyl (C=O) groups is 2. The van der Waals surface area contributed by atoms with Gasteiger partial charge in [0.2, 0.25) is 5.91 Å². The number of amides is 2. The van der Waals surface area contributed by atoms with Gasteiger partial charge in [0.05, 0.1) is 12.2 Å². The molecule has 2 aromatic rings. The lowest BCUT2D eigenvalue weighted by atomic mass is 10.3. The first-order valence-electron chi connectivity index (χ1n) is 5.95. The van der Waals surface area contributed by atoms with Gasteiger partial charge in [-0.05, 0) is 47.1 Å². The Morgan fingerprint density at radius 3 is 2.60 bits per heavy atom. The van der Waals surface area contributed by atoms with E-state index in [1.54, 1.807) is 25.1 Å². The van der Waals surface area contributed by atoms with Crippen molar-refractivity contribution in [2.24, 2.45) is 0 Å². The zero-order valence-electron chi connectivity index (χ0n) is 10.8. The monoisotopic (exact) mass is 336 g/mol. The van der Waals surface area contributed by atoms with Crippen LogP contribution in [0.5, 0.6) is 0 Å². The van der Waals surface area contributed by atoms with E-state index in [4.69, 9.17) is 4.42 Å². The van der Waals surface area contributed by atoms with Crippen LogP contribution in [0.1, 0.15) is 16.3 Å². The van der Waals surface area contributed by atoms with E-state index >= 15 is 0 Å². The first-order valence-corrected chi connectivity index (χ1v) is 6.74. The average Bonchev–Trinajstić information content (AvgIpc) is 2.85. The van der Waals surface area contributed by atoms with Gasteiger partial charge < -0.3 is 15.1 Å². The van der Waals surface area contributed by atoms with Crippen LogP contribution < -0.4 is 10.6 Å². The number of nitrogens with one attached hydrogen (secondary N) is 2. The van der Waals surface area contributed by atoms with Crippen molar-refractivity contribution >= 4 is 33.4 Å². The van der Waals surface area contributed by atoms with Crippen LogP contribution in [-0.2, 0) is 4.79 Å². The molecule has 0 saturated carbocycles. The lowest BCUT2D eigenvalue weighted by Gasteiger charge is -2.07. The Morgan fingerprint density at radius 2 is 1.95 bits per heavy atom. The van der Waals surface area contributed by atoms with Gasteiger partial charge in [0.1, 0.15) is 5.76 Å². The van der Waals surface area contributed by atoms with E-state index in [1.807, 2.05) is 18.2 Å². The molecule has 0 aliphatic heterocycles. The lowest BCUT2D eigenvalue weighted by molar-refractivity contribution is -0.115. The largest absolute Gasteiger partial charge is 0.456 e. The maximum absolute atomic E-state index is 11.7. The van der Waals surface area contributed by atoms with Gasteiger partial charge >= 0.3 is 0 Å². The highest BCUT2D eigenvalue weighted by Crippen LogP contribution is 2.20. The van der Waals surface area contributed by atoms with Crippen molar-refractivity contribution in [3.8, 4) is 0 Å². The van der Waals surface area contributed by atoms with E-state index < -0.39 is 5.91 Å². The molecule has 0 unspecified atom stereocenters. The van der Waals surface area contributed by atoms with E-state index in [-0.39, 0.29) is 18.2 Å². The molecule has 1 heterocycles. The summed E-state index contributed by atoms with van der Waals surface area (Å²) in [6.45, 7) is 1.62. The van der Waals surface area contributed by atoms with Crippen LogP contribution in [0.4, 0.5) is 5.69 Å². The van der Waals surface area contributed by atoms with E-state index in [0.717, 1.165) is 4.47 Å². The number of anilines is 1. The normalized spacial score (nSPS) is 10.1. The lowest BCUT2D eigenvalue weighted by Crippen LogP contribution is -2.32. The van der Waals surface area contributed by atoms with Crippen LogP contribution in [0.3, 0.4) is 0 Å². The van der Waals surface area contributed by atoms with E-state index in [9.17, 15) is 9.59 Å². The van der Waals surface area contributed by atoms with E-state index in [1.165, 1.54) is 0 Å². The quantitative estimate of drug-likeness (QED) is 0.901. The molecule has 0 aliphatic carbocycles. The summed E-state index contributed by atoms with van der Waals surface area (Å²) < 4.78 is 5.94. The first kappa shape index (κ1) is 14.3. The second kappa shape index (κ2) is 6.38. The molecule has 1 aromatic heterocycles. The zero-order chi connectivity index (χ0) is 14.5. The van der Waals surface area contributed by atoms with Gasteiger partial charge in [-0.15, -0.1) is 0 Å². The summed E-state index contributed by atoms with van der Waals surface area (Å²) in [7, 11) is 0. The van der Waals surface area contributed by atoms with Crippen LogP contribution in [0.15, 0.2) is 45.3 Å². The highest BCUT2D eigenvalue weighted by molar-refractivity contribution is 9.10. The predicted octanol–water partition coefficient (Wildman–Crippen LogP) is 2.72. The molecule has 0 atom stereocenters. The summed E-state index contributed by atoms with van der Waals surface area (Å²) in [4.78, 5) is 23.4. The summed E-state index contributed by atoms with van der Waals surface area (Å²) in [5, 5.41) is 5.18. The molecular weight excluding hydrogens is 324 g/mol. The third kappa shape index (κ3) is 3.71. The molecule has 0 spiro atoms. The summed E-state index contributed by atoms with van der Waals surface area (Å²) in [6.07, 6.45) is 0. The number of benzene rings is 1. The van der Waals surface area contributed by atoms with Gasteiger partial charge in [0.15, 0.2) is 5.76 Å². The minimum atomic E-state index is -0.416. The van der Waals surface area contributed by atoms with Crippen LogP contribution >= 0.6 is 15.9 Å². The van der Waals surface area contributed by atoms with Crippen molar-refractivity contribution in [2.75, 3.05) is 11.9 Å². The number of hydrogen-bond donors (Lipinski definition) is 2. The predicted molar refractivity (Wildman–Crippen MR) is 78.5 cm³/mol. The molecular formula is C14H13BrN2O3. The number of halogens is 1. The Bertz CT molecular complexity index is 637. The van der Waals surface area contributed by atoms with Crippen LogP contribution in [0.2, 0.25) is 0 Å².